The van der Waals surface area contributed by atoms with Crippen LogP contribution in [0.1, 0.15) is 21.5 Å². The number of benzene rings is 3. The summed E-state index contributed by atoms with van der Waals surface area (Å²) < 4.78 is 5.76. The summed E-state index contributed by atoms with van der Waals surface area (Å²) in [5.74, 6) is -0.290. The first-order valence-corrected chi connectivity index (χ1v) is 8.53. The van der Waals surface area contributed by atoms with Gasteiger partial charge in [0.1, 0.15) is 12.4 Å². The molecule has 0 aromatic heterocycles. The van der Waals surface area contributed by atoms with Gasteiger partial charge in [-0.1, -0.05) is 18.2 Å². The Kier molecular flexibility index (Phi) is 5.86. The van der Waals surface area contributed by atoms with Crippen LogP contribution in [0.15, 0.2) is 72.8 Å². The lowest BCUT2D eigenvalue weighted by atomic mass is 10.1. The van der Waals surface area contributed by atoms with E-state index in [2.05, 4.69) is 5.32 Å². The molecule has 28 heavy (non-hydrogen) atoms. The predicted octanol–water partition coefficient (Wildman–Crippen LogP) is 4.48. The largest absolute Gasteiger partial charge is 0.489 e. The van der Waals surface area contributed by atoms with Crippen LogP contribution < -0.4 is 10.1 Å². The van der Waals surface area contributed by atoms with Gasteiger partial charge >= 0.3 is 5.97 Å². The molecule has 0 aliphatic carbocycles. The van der Waals surface area contributed by atoms with Crippen molar-refractivity contribution in [3.05, 3.63) is 99.6 Å². The number of anilines is 1. The molecular weight excluding hydrogens is 360 g/mol. The van der Waals surface area contributed by atoms with Crippen molar-refractivity contribution in [3.8, 4) is 5.75 Å². The smallest absolute Gasteiger partial charge is 0.335 e. The van der Waals surface area contributed by atoms with Crippen LogP contribution in [0.4, 0.5) is 11.4 Å². The number of nitrogens with zero attached hydrogens (tertiary/aromatic N) is 1. The lowest BCUT2D eigenvalue weighted by Crippen LogP contribution is -2.02. The van der Waals surface area contributed by atoms with Crippen LogP contribution in [0.2, 0.25) is 0 Å². The summed E-state index contributed by atoms with van der Waals surface area (Å²) in [6.45, 7) is 0.813. The zero-order chi connectivity index (χ0) is 19.9. The van der Waals surface area contributed by atoms with Gasteiger partial charge in [0.25, 0.3) is 5.69 Å². The van der Waals surface area contributed by atoms with Gasteiger partial charge in [-0.2, -0.15) is 0 Å². The molecular formula is C21H18N2O5. The van der Waals surface area contributed by atoms with Crippen molar-refractivity contribution in [3.63, 3.8) is 0 Å². The van der Waals surface area contributed by atoms with E-state index >= 15 is 0 Å². The number of carboxylic acids is 1. The van der Waals surface area contributed by atoms with Crippen LogP contribution in [-0.4, -0.2) is 16.0 Å². The van der Waals surface area contributed by atoms with Crippen molar-refractivity contribution in [2.24, 2.45) is 0 Å². The first kappa shape index (κ1) is 18.9. The number of nitro benzene ring substituents is 1. The van der Waals surface area contributed by atoms with E-state index in [1.807, 2.05) is 24.3 Å². The lowest BCUT2D eigenvalue weighted by Gasteiger charge is -2.10. The first-order valence-electron chi connectivity index (χ1n) is 8.53. The summed E-state index contributed by atoms with van der Waals surface area (Å²) in [6, 6.07) is 20.4. The Morgan fingerprint density at radius 2 is 1.75 bits per heavy atom. The molecule has 0 amide bonds. The van der Waals surface area contributed by atoms with E-state index < -0.39 is 10.9 Å². The molecule has 3 aromatic carbocycles. The molecule has 0 bridgehead atoms. The minimum Gasteiger partial charge on any atom is -0.489 e. The lowest BCUT2D eigenvalue weighted by molar-refractivity contribution is -0.384. The minimum atomic E-state index is -0.967. The maximum Gasteiger partial charge on any atom is 0.335 e. The number of ether oxygens (including phenoxy) is 1. The minimum absolute atomic E-state index is 0.0452. The maximum atomic E-state index is 11.0. The highest BCUT2D eigenvalue weighted by atomic mass is 16.6. The number of non-ortho nitro benzene ring substituents is 1. The third-order valence-electron chi connectivity index (χ3n) is 4.06. The summed E-state index contributed by atoms with van der Waals surface area (Å²) in [7, 11) is 0. The van der Waals surface area contributed by atoms with E-state index in [0.717, 1.165) is 16.8 Å². The van der Waals surface area contributed by atoms with E-state index in [4.69, 9.17) is 9.84 Å². The molecule has 0 atom stereocenters. The van der Waals surface area contributed by atoms with Crippen LogP contribution in [0.5, 0.6) is 5.75 Å². The fraction of sp³-hybridized carbons (Fsp3) is 0.0952. The highest BCUT2D eigenvalue weighted by molar-refractivity contribution is 5.88. The molecule has 7 heteroatoms. The molecule has 0 fully saturated rings. The second-order valence-electron chi connectivity index (χ2n) is 6.10. The highest BCUT2D eigenvalue weighted by Crippen LogP contribution is 2.18. The third kappa shape index (κ3) is 5.07. The van der Waals surface area contributed by atoms with Crippen molar-refractivity contribution >= 4 is 17.3 Å². The number of nitro groups is 1. The van der Waals surface area contributed by atoms with Crippen molar-refractivity contribution in [2.75, 3.05) is 5.32 Å². The normalized spacial score (nSPS) is 10.3. The fourth-order valence-electron chi connectivity index (χ4n) is 2.59. The zero-order valence-electron chi connectivity index (χ0n) is 14.9. The average molecular weight is 378 g/mol. The molecule has 3 aromatic rings. The standard InChI is InChI=1S/C21H18N2O5/c24-21(25)17-4-2-5-18(12-17)22-13-16-3-1-6-20(11-16)28-14-15-7-9-19(10-8-15)23(26)27/h1-12,22H,13-14H2,(H,24,25). The summed E-state index contributed by atoms with van der Waals surface area (Å²) in [5, 5.41) is 22.9. The van der Waals surface area contributed by atoms with Gasteiger partial charge in [0, 0.05) is 24.4 Å². The zero-order valence-corrected chi connectivity index (χ0v) is 14.9. The predicted molar refractivity (Wildman–Crippen MR) is 105 cm³/mol. The number of hydrogen-bond donors (Lipinski definition) is 2. The topological polar surface area (TPSA) is 102 Å². The molecule has 0 aliphatic heterocycles. The molecule has 2 N–H and O–H groups in total. The van der Waals surface area contributed by atoms with Gasteiger partial charge in [-0.25, -0.2) is 4.79 Å². The van der Waals surface area contributed by atoms with Gasteiger partial charge in [-0.05, 0) is 53.6 Å². The monoisotopic (exact) mass is 378 g/mol. The summed E-state index contributed by atoms with van der Waals surface area (Å²) in [6.07, 6.45) is 0. The Hall–Kier alpha value is -3.87. The van der Waals surface area contributed by atoms with Crippen molar-refractivity contribution in [1.82, 2.24) is 0 Å². The Balaban J connectivity index is 1.58. The van der Waals surface area contributed by atoms with Gasteiger partial charge in [-0.15, -0.1) is 0 Å². The van der Waals surface area contributed by atoms with Gasteiger partial charge < -0.3 is 15.2 Å². The van der Waals surface area contributed by atoms with Gasteiger partial charge in [0.2, 0.25) is 0 Å². The molecule has 0 saturated carbocycles. The Morgan fingerprint density at radius 3 is 2.46 bits per heavy atom. The maximum absolute atomic E-state index is 11.0. The third-order valence-corrected chi connectivity index (χ3v) is 4.06. The number of carboxylic acid groups (broad SMARTS) is 1. The average Bonchev–Trinajstić information content (AvgIpc) is 2.71. The van der Waals surface area contributed by atoms with E-state index in [1.165, 1.54) is 12.1 Å². The Morgan fingerprint density at radius 1 is 1.00 bits per heavy atom. The second kappa shape index (κ2) is 8.68. The van der Waals surface area contributed by atoms with Crippen LogP contribution in [0.25, 0.3) is 0 Å². The van der Waals surface area contributed by atoms with Gasteiger partial charge in [-0.3, -0.25) is 10.1 Å². The van der Waals surface area contributed by atoms with E-state index in [0.29, 0.717) is 18.9 Å². The number of aromatic carboxylic acids is 1. The summed E-state index contributed by atoms with van der Waals surface area (Å²) >= 11 is 0. The van der Waals surface area contributed by atoms with Crippen molar-refractivity contribution in [1.29, 1.82) is 0 Å². The molecule has 3 rings (SSSR count). The molecule has 0 unspecified atom stereocenters. The number of nitrogens with one attached hydrogen (secondary N) is 1. The molecule has 0 heterocycles. The van der Waals surface area contributed by atoms with Crippen molar-refractivity contribution in [2.45, 2.75) is 13.2 Å². The Labute approximate surface area is 161 Å². The molecule has 0 aliphatic rings. The van der Waals surface area contributed by atoms with Gasteiger partial charge in [0.05, 0.1) is 10.5 Å². The molecule has 0 spiro atoms. The van der Waals surface area contributed by atoms with E-state index in [-0.39, 0.29) is 11.3 Å². The number of rotatable bonds is 8. The SMILES string of the molecule is O=C(O)c1cccc(NCc2cccc(OCc3ccc([N+](=O)[O-])cc3)c2)c1. The van der Waals surface area contributed by atoms with Crippen molar-refractivity contribution < 1.29 is 19.6 Å². The van der Waals surface area contributed by atoms with Gasteiger partial charge in [0.15, 0.2) is 0 Å². The molecule has 0 saturated heterocycles. The quantitative estimate of drug-likeness (QED) is 0.442. The van der Waals surface area contributed by atoms with Crippen LogP contribution in [0, 0.1) is 10.1 Å². The molecule has 142 valence electrons. The highest BCUT2D eigenvalue weighted by Gasteiger charge is 2.05. The molecule has 7 nitrogen and oxygen atoms in total. The summed E-state index contributed by atoms with van der Waals surface area (Å²) in [5.41, 5.74) is 2.80. The number of hydrogen-bond acceptors (Lipinski definition) is 5. The van der Waals surface area contributed by atoms with Crippen LogP contribution in [-0.2, 0) is 13.2 Å². The van der Waals surface area contributed by atoms with Crippen LogP contribution >= 0.6 is 0 Å². The summed E-state index contributed by atoms with van der Waals surface area (Å²) in [4.78, 5) is 21.3. The fourth-order valence-corrected chi connectivity index (χ4v) is 2.59. The first-order chi connectivity index (χ1) is 13.5. The van der Waals surface area contributed by atoms with E-state index in [1.54, 1.807) is 36.4 Å². The molecule has 0 radical (unpaired) electrons. The van der Waals surface area contributed by atoms with Crippen LogP contribution in [0.3, 0.4) is 0 Å². The second-order valence-corrected chi connectivity index (χ2v) is 6.10. The Bertz CT molecular complexity index is 986. The number of carbonyl (C=O) groups is 1. The van der Waals surface area contributed by atoms with E-state index in [9.17, 15) is 14.9 Å².